The van der Waals surface area contributed by atoms with Gasteiger partial charge in [0.05, 0.1) is 11.8 Å². The van der Waals surface area contributed by atoms with E-state index in [1.165, 1.54) is 6.26 Å². The molecule has 1 heterocycles. The molecule has 0 aliphatic heterocycles. The van der Waals surface area contributed by atoms with Crippen LogP contribution in [0.4, 0.5) is 0 Å². The Labute approximate surface area is 112 Å². The molecule has 1 rings (SSSR count). The van der Waals surface area contributed by atoms with Crippen LogP contribution < -0.4 is 0 Å². The molecule has 0 aromatic carbocycles. The number of carbonyl (C=O) groups excluding carboxylic acids is 1. The monoisotopic (exact) mass is 351 g/mol. The van der Waals surface area contributed by atoms with Crippen molar-refractivity contribution in [2.24, 2.45) is 0 Å². The van der Waals surface area contributed by atoms with Crippen molar-refractivity contribution >= 4 is 37.8 Å². The number of nitrogens with zero attached hydrogens (tertiary/aromatic N) is 1. The molecule has 0 spiro atoms. The highest BCUT2D eigenvalue weighted by Gasteiger charge is 2.21. The summed E-state index contributed by atoms with van der Waals surface area (Å²) in [5, 5.41) is 0.899. The van der Waals surface area contributed by atoms with Gasteiger partial charge in [-0.05, 0) is 42.3 Å². The van der Waals surface area contributed by atoms with Crippen molar-refractivity contribution in [1.29, 1.82) is 0 Å². The molecular weight excluding hydrogens is 338 g/mol. The smallest absolute Gasteiger partial charge is 0.258 e. The Morgan fingerprint density at radius 2 is 2.25 bits per heavy atom. The molecule has 16 heavy (non-hydrogen) atoms. The second-order valence-corrected chi connectivity index (χ2v) is 5.26. The first-order valence-corrected chi connectivity index (χ1v) is 7.09. The van der Waals surface area contributed by atoms with Gasteiger partial charge in [-0.3, -0.25) is 4.79 Å². The summed E-state index contributed by atoms with van der Waals surface area (Å²) in [5.41, 5.74) is 0.586. The molecule has 0 saturated heterocycles. The van der Waals surface area contributed by atoms with E-state index >= 15 is 0 Å². The number of hydrogen-bond acceptors (Lipinski definition) is 2. The average Bonchev–Trinajstić information content (AvgIpc) is 2.64. The summed E-state index contributed by atoms with van der Waals surface area (Å²) in [6.45, 7) is 4.78. The highest BCUT2D eigenvalue weighted by atomic mass is 79.9. The normalized spacial score (nSPS) is 10.8. The molecule has 0 atom stereocenters. The minimum Gasteiger partial charge on any atom is -0.457 e. The first-order chi connectivity index (χ1) is 7.57. The lowest BCUT2D eigenvalue weighted by Crippen LogP contribution is -2.37. The van der Waals surface area contributed by atoms with Crippen LogP contribution in [0.1, 0.15) is 30.6 Å². The lowest BCUT2D eigenvalue weighted by Gasteiger charge is -2.26. The van der Waals surface area contributed by atoms with E-state index in [4.69, 9.17) is 4.42 Å². The fourth-order valence-electron chi connectivity index (χ4n) is 1.43. The molecule has 0 N–H and O–H groups in total. The topological polar surface area (TPSA) is 33.5 Å². The van der Waals surface area contributed by atoms with E-state index in [2.05, 4.69) is 31.9 Å². The van der Waals surface area contributed by atoms with Crippen molar-refractivity contribution in [3.8, 4) is 0 Å². The van der Waals surface area contributed by atoms with Gasteiger partial charge in [-0.15, -0.1) is 0 Å². The predicted molar refractivity (Wildman–Crippen MR) is 71.0 cm³/mol. The Bertz CT molecular complexity index is 350. The third-order valence-corrected chi connectivity index (χ3v) is 3.44. The molecule has 0 aliphatic carbocycles. The number of hydrogen-bond donors (Lipinski definition) is 0. The fourth-order valence-corrected chi connectivity index (χ4v) is 2.09. The van der Waals surface area contributed by atoms with Crippen LogP contribution in [0, 0.1) is 0 Å². The number of alkyl halides is 1. The predicted octanol–water partition coefficient (Wildman–Crippen LogP) is 3.68. The van der Waals surface area contributed by atoms with Crippen molar-refractivity contribution in [3.63, 3.8) is 0 Å². The van der Waals surface area contributed by atoms with Crippen LogP contribution in [-0.2, 0) is 0 Å². The molecule has 0 saturated carbocycles. The van der Waals surface area contributed by atoms with E-state index in [1.54, 1.807) is 6.07 Å². The van der Waals surface area contributed by atoms with Crippen LogP contribution in [0.2, 0.25) is 0 Å². The van der Waals surface area contributed by atoms with Crippen LogP contribution >= 0.6 is 31.9 Å². The number of halogens is 2. The summed E-state index contributed by atoms with van der Waals surface area (Å²) >= 11 is 6.60. The molecule has 1 aromatic heterocycles. The second kappa shape index (κ2) is 6.45. The Kier molecular flexibility index (Phi) is 5.55. The zero-order valence-electron chi connectivity index (χ0n) is 9.37. The first-order valence-electron chi connectivity index (χ1n) is 5.17. The number of furan rings is 1. The summed E-state index contributed by atoms with van der Waals surface area (Å²) in [6.07, 6.45) is 2.46. The molecule has 3 nitrogen and oxygen atoms in total. The van der Waals surface area contributed by atoms with Crippen LogP contribution in [-0.4, -0.2) is 28.7 Å². The van der Waals surface area contributed by atoms with E-state index in [9.17, 15) is 4.79 Å². The standard InChI is InChI=1S/C11H15Br2NO2/c1-8(2)14(6-3-5-12)11(15)9-4-7-16-10(9)13/h4,7-8H,3,5-6H2,1-2H3. The molecule has 5 heteroatoms. The lowest BCUT2D eigenvalue weighted by atomic mass is 10.2. The quantitative estimate of drug-likeness (QED) is 0.757. The number of carbonyl (C=O) groups is 1. The van der Waals surface area contributed by atoms with Gasteiger partial charge in [0, 0.05) is 17.9 Å². The average molecular weight is 353 g/mol. The summed E-state index contributed by atoms with van der Waals surface area (Å²) in [6, 6.07) is 1.88. The summed E-state index contributed by atoms with van der Waals surface area (Å²) in [5.74, 6) is 0.0107. The van der Waals surface area contributed by atoms with Crippen LogP contribution in [0.3, 0.4) is 0 Å². The van der Waals surface area contributed by atoms with Crippen molar-refractivity contribution in [1.82, 2.24) is 4.90 Å². The summed E-state index contributed by atoms with van der Waals surface area (Å²) < 4.78 is 5.58. The Morgan fingerprint density at radius 1 is 1.56 bits per heavy atom. The summed E-state index contributed by atoms with van der Waals surface area (Å²) in [7, 11) is 0. The van der Waals surface area contributed by atoms with E-state index < -0.39 is 0 Å². The van der Waals surface area contributed by atoms with Gasteiger partial charge in [-0.2, -0.15) is 0 Å². The molecule has 1 amide bonds. The number of amides is 1. The maximum absolute atomic E-state index is 12.2. The third kappa shape index (κ3) is 3.35. The molecule has 0 unspecified atom stereocenters. The van der Waals surface area contributed by atoms with Gasteiger partial charge >= 0.3 is 0 Å². The van der Waals surface area contributed by atoms with Crippen molar-refractivity contribution < 1.29 is 9.21 Å². The lowest BCUT2D eigenvalue weighted by molar-refractivity contribution is 0.0704. The van der Waals surface area contributed by atoms with Crippen molar-refractivity contribution in [2.45, 2.75) is 26.3 Å². The van der Waals surface area contributed by atoms with Crippen molar-refractivity contribution in [3.05, 3.63) is 22.6 Å². The van der Waals surface area contributed by atoms with Gasteiger partial charge in [0.25, 0.3) is 5.91 Å². The van der Waals surface area contributed by atoms with Gasteiger partial charge < -0.3 is 9.32 Å². The molecule has 1 aromatic rings. The molecule has 90 valence electrons. The van der Waals surface area contributed by atoms with E-state index in [0.29, 0.717) is 10.2 Å². The maximum atomic E-state index is 12.2. The van der Waals surface area contributed by atoms with Gasteiger partial charge in [-0.25, -0.2) is 0 Å². The largest absolute Gasteiger partial charge is 0.457 e. The SMILES string of the molecule is CC(C)N(CCCBr)C(=O)c1ccoc1Br. The molecule has 0 fully saturated rings. The Hall–Kier alpha value is -0.290. The van der Waals surface area contributed by atoms with Gasteiger partial charge in [0.15, 0.2) is 4.67 Å². The van der Waals surface area contributed by atoms with E-state index in [0.717, 1.165) is 18.3 Å². The Morgan fingerprint density at radius 3 is 2.69 bits per heavy atom. The molecule has 0 aliphatic rings. The highest BCUT2D eigenvalue weighted by Crippen LogP contribution is 2.20. The van der Waals surface area contributed by atoms with E-state index in [-0.39, 0.29) is 11.9 Å². The number of rotatable bonds is 5. The third-order valence-electron chi connectivity index (χ3n) is 2.27. The highest BCUT2D eigenvalue weighted by molar-refractivity contribution is 9.10. The fraction of sp³-hybridized carbons (Fsp3) is 0.545. The maximum Gasteiger partial charge on any atom is 0.258 e. The van der Waals surface area contributed by atoms with Crippen LogP contribution in [0.25, 0.3) is 0 Å². The van der Waals surface area contributed by atoms with Crippen LogP contribution in [0.15, 0.2) is 21.4 Å². The minimum atomic E-state index is 0.0107. The molecule has 0 radical (unpaired) electrons. The van der Waals surface area contributed by atoms with Crippen LogP contribution in [0.5, 0.6) is 0 Å². The van der Waals surface area contributed by atoms with Gasteiger partial charge in [0.2, 0.25) is 0 Å². The van der Waals surface area contributed by atoms with Crippen molar-refractivity contribution in [2.75, 3.05) is 11.9 Å². The van der Waals surface area contributed by atoms with Gasteiger partial charge in [-0.1, -0.05) is 15.9 Å². The zero-order valence-corrected chi connectivity index (χ0v) is 12.5. The second-order valence-electron chi connectivity index (χ2n) is 3.74. The molecule has 0 bridgehead atoms. The molecular formula is C11H15Br2NO2. The summed E-state index contributed by atoms with van der Waals surface area (Å²) in [4.78, 5) is 14.0. The van der Waals surface area contributed by atoms with E-state index in [1.807, 2.05) is 18.7 Å². The Balaban J connectivity index is 2.79. The zero-order chi connectivity index (χ0) is 12.1. The first kappa shape index (κ1) is 13.8. The van der Waals surface area contributed by atoms with Gasteiger partial charge in [0.1, 0.15) is 0 Å². The minimum absolute atomic E-state index is 0.0107.